The minimum Gasteiger partial charge on any atom is -0.297 e. The summed E-state index contributed by atoms with van der Waals surface area (Å²) in [5.74, 6) is 0. The molecule has 1 fully saturated rings. The van der Waals surface area contributed by atoms with Gasteiger partial charge in [-0.15, -0.1) is 0 Å². The molecule has 112 valence electrons. The van der Waals surface area contributed by atoms with Crippen molar-refractivity contribution < 1.29 is 8.42 Å². The van der Waals surface area contributed by atoms with Gasteiger partial charge in [0.1, 0.15) is 0 Å². The van der Waals surface area contributed by atoms with Crippen molar-refractivity contribution in [2.24, 2.45) is 0 Å². The highest BCUT2D eigenvalue weighted by Gasteiger charge is 2.30. The Hall–Kier alpha value is -0.430. The second-order valence-electron chi connectivity index (χ2n) is 5.79. The topological polar surface area (TPSA) is 49.4 Å². The molecule has 0 aromatic heterocycles. The van der Waals surface area contributed by atoms with Gasteiger partial charge >= 0.3 is 0 Å². The van der Waals surface area contributed by atoms with Gasteiger partial charge in [0.2, 0.25) is 10.0 Å². The molecule has 20 heavy (non-hydrogen) atoms. The number of rotatable bonds is 5. The molecule has 1 aromatic rings. The normalized spacial score (nSPS) is 17.6. The van der Waals surface area contributed by atoms with Crippen LogP contribution in [0.3, 0.4) is 0 Å². The van der Waals surface area contributed by atoms with E-state index in [-0.39, 0.29) is 5.54 Å². The van der Waals surface area contributed by atoms with Gasteiger partial charge in [0, 0.05) is 16.6 Å². The zero-order valence-corrected chi connectivity index (χ0v) is 14.3. The highest BCUT2D eigenvalue weighted by atomic mass is 79.9. The summed E-state index contributed by atoms with van der Waals surface area (Å²) in [4.78, 5) is 2.65. The number of hydrogen-bond acceptors (Lipinski definition) is 3. The second-order valence-corrected chi connectivity index (χ2v) is 8.47. The molecular weight excluding hydrogens is 340 g/mol. The van der Waals surface area contributed by atoms with E-state index in [4.69, 9.17) is 0 Å². The number of nitrogens with zero attached hydrogens (tertiary/aromatic N) is 1. The van der Waals surface area contributed by atoms with Gasteiger partial charge in [0.05, 0.1) is 4.90 Å². The molecule has 0 amide bonds. The zero-order chi connectivity index (χ0) is 14.8. The average Bonchev–Trinajstić information content (AvgIpc) is 2.92. The predicted octanol–water partition coefficient (Wildman–Crippen LogP) is 2.60. The van der Waals surface area contributed by atoms with Crippen LogP contribution in [0.4, 0.5) is 0 Å². The number of nitrogens with one attached hydrogen (secondary N) is 1. The quantitative estimate of drug-likeness (QED) is 0.877. The zero-order valence-electron chi connectivity index (χ0n) is 11.9. The maximum Gasteiger partial charge on any atom is 0.240 e. The molecule has 0 bridgehead atoms. The number of sulfonamides is 1. The number of likely N-dealkylation sites (tertiary alicyclic amines) is 1. The second kappa shape index (κ2) is 6.13. The van der Waals surface area contributed by atoms with Gasteiger partial charge in [-0.05, 0) is 64.0 Å². The van der Waals surface area contributed by atoms with Crippen LogP contribution in [0.25, 0.3) is 0 Å². The van der Waals surface area contributed by atoms with Gasteiger partial charge in [-0.25, -0.2) is 13.1 Å². The Kier molecular flexibility index (Phi) is 4.89. The fourth-order valence-corrected chi connectivity index (χ4v) is 3.87. The van der Waals surface area contributed by atoms with Gasteiger partial charge in [0.25, 0.3) is 0 Å². The minimum absolute atomic E-state index is 0.154. The Labute approximate surface area is 129 Å². The van der Waals surface area contributed by atoms with Crippen molar-refractivity contribution in [2.45, 2.75) is 37.1 Å². The summed E-state index contributed by atoms with van der Waals surface area (Å²) >= 11 is 3.31. The molecule has 0 aliphatic carbocycles. The van der Waals surface area contributed by atoms with Gasteiger partial charge in [0.15, 0.2) is 0 Å². The summed E-state index contributed by atoms with van der Waals surface area (Å²) in [6.45, 7) is 6.69. The maximum absolute atomic E-state index is 12.3. The lowest BCUT2D eigenvalue weighted by atomic mass is 10.0. The fraction of sp³-hybridized carbons (Fsp3) is 0.571. The predicted molar refractivity (Wildman–Crippen MR) is 84.2 cm³/mol. The minimum atomic E-state index is -3.44. The molecule has 0 atom stereocenters. The Balaban J connectivity index is 2.03. The highest BCUT2D eigenvalue weighted by molar-refractivity contribution is 9.10. The Morgan fingerprint density at radius 3 is 2.30 bits per heavy atom. The Morgan fingerprint density at radius 2 is 1.75 bits per heavy atom. The van der Waals surface area contributed by atoms with E-state index >= 15 is 0 Å². The fourth-order valence-electron chi connectivity index (χ4n) is 2.40. The van der Waals surface area contributed by atoms with E-state index in [1.807, 2.05) is 0 Å². The number of benzene rings is 1. The van der Waals surface area contributed by atoms with Crippen molar-refractivity contribution in [2.75, 3.05) is 19.6 Å². The summed E-state index contributed by atoms with van der Waals surface area (Å²) in [7, 11) is -3.44. The van der Waals surface area contributed by atoms with Crippen LogP contribution in [-0.2, 0) is 10.0 Å². The third-order valence-corrected chi connectivity index (χ3v) is 5.73. The average molecular weight is 361 g/mol. The van der Waals surface area contributed by atoms with Crippen LogP contribution < -0.4 is 4.72 Å². The lowest BCUT2D eigenvalue weighted by Gasteiger charge is -2.35. The molecule has 1 heterocycles. The molecule has 1 N–H and O–H groups in total. The van der Waals surface area contributed by atoms with E-state index < -0.39 is 10.0 Å². The molecule has 0 saturated carbocycles. The van der Waals surface area contributed by atoms with E-state index in [9.17, 15) is 8.42 Å². The van der Waals surface area contributed by atoms with Crippen molar-refractivity contribution in [3.05, 3.63) is 28.7 Å². The molecule has 2 rings (SSSR count). The molecule has 1 aliphatic rings. The lowest BCUT2D eigenvalue weighted by Crippen LogP contribution is -2.50. The van der Waals surface area contributed by atoms with Crippen molar-refractivity contribution in [3.63, 3.8) is 0 Å². The van der Waals surface area contributed by atoms with Crippen LogP contribution in [0.2, 0.25) is 0 Å². The first-order valence-electron chi connectivity index (χ1n) is 6.82. The maximum atomic E-state index is 12.3. The third-order valence-electron chi connectivity index (χ3n) is 3.78. The smallest absolute Gasteiger partial charge is 0.240 e. The van der Waals surface area contributed by atoms with E-state index in [0.29, 0.717) is 11.4 Å². The molecule has 0 radical (unpaired) electrons. The summed E-state index contributed by atoms with van der Waals surface area (Å²) < 4.78 is 28.1. The first-order valence-corrected chi connectivity index (χ1v) is 9.09. The summed E-state index contributed by atoms with van der Waals surface area (Å²) in [5.41, 5.74) is -0.154. The molecule has 4 nitrogen and oxygen atoms in total. The van der Waals surface area contributed by atoms with E-state index in [0.717, 1.165) is 17.6 Å². The number of halogens is 1. The van der Waals surface area contributed by atoms with Crippen LogP contribution in [0.1, 0.15) is 26.7 Å². The van der Waals surface area contributed by atoms with Gasteiger partial charge in [-0.3, -0.25) is 4.90 Å². The van der Waals surface area contributed by atoms with E-state index in [1.165, 1.54) is 12.8 Å². The van der Waals surface area contributed by atoms with Crippen molar-refractivity contribution >= 4 is 26.0 Å². The van der Waals surface area contributed by atoms with Crippen LogP contribution in [0.15, 0.2) is 33.6 Å². The molecule has 1 aromatic carbocycles. The first-order chi connectivity index (χ1) is 9.31. The van der Waals surface area contributed by atoms with Gasteiger partial charge in [-0.2, -0.15) is 0 Å². The molecule has 0 unspecified atom stereocenters. The van der Waals surface area contributed by atoms with Crippen LogP contribution in [-0.4, -0.2) is 38.5 Å². The molecule has 6 heteroatoms. The van der Waals surface area contributed by atoms with Crippen LogP contribution >= 0.6 is 15.9 Å². The van der Waals surface area contributed by atoms with Crippen molar-refractivity contribution in [1.82, 2.24) is 9.62 Å². The van der Waals surface area contributed by atoms with Gasteiger partial charge < -0.3 is 0 Å². The van der Waals surface area contributed by atoms with Crippen molar-refractivity contribution in [1.29, 1.82) is 0 Å². The summed E-state index contributed by atoms with van der Waals surface area (Å²) in [6, 6.07) is 6.69. The van der Waals surface area contributed by atoms with Crippen molar-refractivity contribution in [3.8, 4) is 0 Å². The lowest BCUT2D eigenvalue weighted by molar-refractivity contribution is 0.158. The standard InChI is InChI=1S/C14H21BrN2O2S/c1-14(2,17-9-3-4-10-17)11-16-20(18,19)13-7-5-12(15)6-8-13/h5-8,16H,3-4,9-11H2,1-2H3. The SMILES string of the molecule is CC(C)(CNS(=O)(=O)c1ccc(Br)cc1)N1CCCC1. The first kappa shape index (κ1) is 15.9. The van der Waals surface area contributed by atoms with Gasteiger partial charge in [-0.1, -0.05) is 15.9 Å². The molecule has 1 aliphatic heterocycles. The molecule has 1 saturated heterocycles. The van der Waals surface area contributed by atoms with Crippen LogP contribution in [0.5, 0.6) is 0 Å². The Morgan fingerprint density at radius 1 is 1.20 bits per heavy atom. The number of hydrogen-bond donors (Lipinski definition) is 1. The van der Waals surface area contributed by atoms with Crippen LogP contribution in [0, 0.1) is 0 Å². The summed E-state index contributed by atoms with van der Waals surface area (Å²) in [6.07, 6.45) is 2.39. The Bertz CT molecular complexity index is 549. The van der Waals surface area contributed by atoms with E-state index in [1.54, 1.807) is 24.3 Å². The largest absolute Gasteiger partial charge is 0.297 e. The monoisotopic (exact) mass is 360 g/mol. The highest BCUT2D eigenvalue weighted by Crippen LogP contribution is 2.21. The van der Waals surface area contributed by atoms with E-state index in [2.05, 4.69) is 39.4 Å². The third kappa shape index (κ3) is 3.81. The molecule has 0 spiro atoms. The molecular formula is C14H21BrN2O2S. The summed E-state index contributed by atoms with van der Waals surface area (Å²) in [5, 5.41) is 0.